The molecule has 0 bridgehead atoms. The lowest BCUT2D eigenvalue weighted by Gasteiger charge is -2.34. The normalized spacial score (nSPS) is 12.6. The van der Waals surface area contributed by atoms with E-state index in [0.717, 1.165) is 25.5 Å². The molecule has 0 aliphatic heterocycles. The zero-order valence-electron chi connectivity index (χ0n) is 25.5. The SMILES string of the molecule is CCC(C)NC(=O)C(Cc1ccccc1)N(Cc1cccc(Br)c1)C(=O)CN(c1cccc(Cl)c1)S(=O)(=O)c1ccc(C)cc1. The first-order valence-electron chi connectivity index (χ1n) is 14.7. The summed E-state index contributed by atoms with van der Waals surface area (Å²) in [6.07, 6.45) is 0.950. The summed E-state index contributed by atoms with van der Waals surface area (Å²) in [7, 11) is -4.20. The number of nitrogens with one attached hydrogen (secondary N) is 1. The molecule has 4 aromatic rings. The van der Waals surface area contributed by atoms with E-state index in [0.29, 0.717) is 11.4 Å². The number of hydrogen-bond acceptors (Lipinski definition) is 4. The molecule has 1 N–H and O–H groups in total. The molecule has 2 unspecified atom stereocenters. The van der Waals surface area contributed by atoms with Gasteiger partial charge in [-0.25, -0.2) is 8.42 Å². The van der Waals surface area contributed by atoms with Crippen LogP contribution < -0.4 is 9.62 Å². The van der Waals surface area contributed by atoms with Crippen LogP contribution in [0.3, 0.4) is 0 Å². The quantitative estimate of drug-likeness (QED) is 0.160. The van der Waals surface area contributed by atoms with Gasteiger partial charge in [0.05, 0.1) is 10.6 Å². The average molecular weight is 711 g/mol. The van der Waals surface area contributed by atoms with Gasteiger partial charge < -0.3 is 10.2 Å². The van der Waals surface area contributed by atoms with Crippen molar-refractivity contribution in [3.05, 3.63) is 129 Å². The Bertz CT molecular complexity index is 1720. The fourth-order valence-electron chi connectivity index (χ4n) is 4.82. The molecule has 2 atom stereocenters. The minimum Gasteiger partial charge on any atom is -0.352 e. The number of halogens is 2. The molecule has 4 aromatic carbocycles. The Kier molecular flexibility index (Phi) is 11.8. The van der Waals surface area contributed by atoms with Crippen LogP contribution in [0.5, 0.6) is 0 Å². The highest BCUT2D eigenvalue weighted by molar-refractivity contribution is 9.10. The van der Waals surface area contributed by atoms with Crippen molar-refractivity contribution in [2.75, 3.05) is 10.8 Å². The van der Waals surface area contributed by atoms with Crippen LogP contribution in [0, 0.1) is 6.92 Å². The molecule has 0 aromatic heterocycles. The first-order chi connectivity index (χ1) is 21.5. The molecule has 0 saturated heterocycles. The number of amides is 2. The van der Waals surface area contributed by atoms with Crippen LogP contribution in [0.4, 0.5) is 5.69 Å². The molecule has 7 nitrogen and oxygen atoms in total. The third kappa shape index (κ3) is 9.19. The molecule has 45 heavy (non-hydrogen) atoms. The van der Waals surface area contributed by atoms with Crippen LogP contribution in [0.15, 0.2) is 112 Å². The number of aryl methyl sites for hydroxylation is 1. The molecule has 4 rings (SSSR count). The van der Waals surface area contributed by atoms with Crippen molar-refractivity contribution in [2.45, 2.75) is 57.1 Å². The molecule has 0 radical (unpaired) electrons. The van der Waals surface area contributed by atoms with Gasteiger partial charge in [-0.2, -0.15) is 0 Å². The first kappa shape index (κ1) is 34.2. The number of hydrogen-bond donors (Lipinski definition) is 1. The van der Waals surface area contributed by atoms with Gasteiger partial charge in [0, 0.05) is 28.5 Å². The van der Waals surface area contributed by atoms with Crippen molar-refractivity contribution >= 4 is 55.1 Å². The molecule has 0 fully saturated rings. The number of carbonyl (C=O) groups excluding carboxylic acids is 2. The maximum atomic E-state index is 14.5. The van der Waals surface area contributed by atoms with Gasteiger partial charge >= 0.3 is 0 Å². The second kappa shape index (κ2) is 15.6. The predicted octanol–water partition coefficient (Wildman–Crippen LogP) is 7.16. The summed E-state index contributed by atoms with van der Waals surface area (Å²) in [4.78, 5) is 29.9. The molecule has 0 aliphatic carbocycles. The van der Waals surface area contributed by atoms with Gasteiger partial charge in [0.25, 0.3) is 10.0 Å². The summed E-state index contributed by atoms with van der Waals surface area (Å²) in [6, 6.07) is 28.7. The molecule has 0 aliphatic rings. The summed E-state index contributed by atoms with van der Waals surface area (Å²) >= 11 is 9.80. The Morgan fingerprint density at radius 1 is 0.889 bits per heavy atom. The number of anilines is 1. The zero-order chi connectivity index (χ0) is 32.6. The highest BCUT2D eigenvalue weighted by atomic mass is 79.9. The van der Waals surface area contributed by atoms with Gasteiger partial charge in [-0.1, -0.05) is 101 Å². The van der Waals surface area contributed by atoms with Crippen molar-refractivity contribution in [1.82, 2.24) is 10.2 Å². The van der Waals surface area contributed by atoms with E-state index in [1.165, 1.54) is 23.1 Å². The van der Waals surface area contributed by atoms with Crippen molar-refractivity contribution in [3.8, 4) is 0 Å². The third-order valence-electron chi connectivity index (χ3n) is 7.50. The largest absolute Gasteiger partial charge is 0.352 e. The Labute approximate surface area is 279 Å². The van der Waals surface area contributed by atoms with Gasteiger partial charge in [-0.3, -0.25) is 13.9 Å². The standard InChI is InChI=1S/C35H37BrClN3O4S/c1-4-26(3)38-35(42)33(21-27-10-6-5-7-11-27)39(23-28-12-8-13-29(36)20-28)34(41)24-40(31-15-9-14-30(37)22-31)45(43,44)32-18-16-25(2)17-19-32/h5-20,22,26,33H,4,21,23-24H2,1-3H3,(H,38,42). The lowest BCUT2D eigenvalue weighted by molar-refractivity contribution is -0.140. The van der Waals surface area contributed by atoms with Crippen LogP contribution in [-0.4, -0.2) is 43.8 Å². The van der Waals surface area contributed by atoms with Gasteiger partial charge in [0.2, 0.25) is 11.8 Å². The Morgan fingerprint density at radius 3 is 2.20 bits per heavy atom. The first-order valence-corrected chi connectivity index (χ1v) is 17.3. The summed E-state index contributed by atoms with van der Waals surface area (Å²) in [5.41, 5.74) is 2.79. The van der Waals surface area contributed by atoms with Crippen molar-refractivity contribution in [2.24, 2.45) is 0 Å². The van der Waals surface area contributed by atoms with Gasteiger partial charge in [-0.05, 0) is 73.9 Å². The van der Waals surface area contributed by atoms with E-state index in [9.17, 15) is 18.0 Å². The summed E-state index contributed by atoms with van der Waals surface area (Å²) in [5.74, 6) is -0.849. The fraction of sp³-hybridized carbons (Fsp3) is 0.257. The summed E-state index contributed by atoms with van der Waals surface area (Å²) in [5, 5.41) is 3.37. The third-order valence-corrected chi connectivity index (χ3v) is 10.0. The monoisotopic (exact) mass is 709 g/mol. The second-order valence-corrected chi connectivity index (χ2v) is 14.2. The number of sulfonamides is 1. The van der Waals surface area contributed by atoms with Crippen molar-refractivity contribution < 1.29 is 18.0 Å². The number of nitrogens with zero attached hydrogens (tertiary/aromatic N) is 2. The van der Waals surface area contributed by atoms with Gasteiger partial charge in [0.15, 0.2) is 0 Å². The zero-order valence-corrected chi connectivity index (χ0v) is 28.6. The van der Waals surface area contributed by atoms with E-state index in [4.69, 9.17) is 11.6 Å². The molecule has 0 saturated carbocycles. The highest BCUT2D eigenvalue weighted by Crippen LogP contribution is 2.27. The number of rotatable bonds is 13. The molecular weight excluding hydrogens is 674 g/mol. The van der Waals surface area contributed by atoms with E-state index in [1.54, 1.807) is 30.3 Å². The minimum atomic E-state index is -4.20. The van der Waals surface area contributed by atoms with E-state index < -0.39 is 28.5 Å². The maximum absolute atomic E-state index is 14.5. The van der Waals surface area contributed by atoms with Crippen LogP contribution in [0.25, 0.3) is 0 Å². The van der Waals surface area contributed by atoms with Crippen LogP contribution in [0.2, 0.25) is 5.02 Å². The smallest absolute Gasteiger partial charge is 0.264 e. The molecule has 10 heteroatoms. The van der Waals surface area contributed by atoms with E-state index >= 15 is 0 Å². The summed E-state index contributed by atoms with van der Waals surface area (Å²) in [6.45, 7) is 5.28. The summed E-state index contributed by atoms with van der Waals surface area (Å²) < 4.78 is 30.1. The molecular formula is C35H37BrClN3O4S. The maximum Gasteiger partial charge on any atom is 0.264 e. The van der Waals surface area contributed by atoms with E-state index in [2.05, 4.69) is 21.2 Å². The predicted molar refractivity (Wildman–Crippen MR) is 184 cm³/mol. The molecule has 0 spiro atoms. The van der Waals surface area contributed by atoms with E-state index in [1.807, 2.05) is 75.4 Å². The molecule has 2 amide bonds. The van der Waals surface area contributed by atoms with Crippen molar-refractivity contribution in [1.29, 1.82) is 0 Å². The average Bonchev–Trinajstić information content (AvgIpc) is 3.02. The fourth-order valence-corrected chi connectivity index (χ4v) is 6.86. The van der Waals surface area contributed by atoms with Crippen LogP contribution in [-0.2, 0) is 32.6 Å². The van der Waals surface area contributed by atoms with Gasteiger partial charge in [-0.15, -0.1) is 0 Å². The Balaban J connectivity index is 1.81. The number of carbonyl (C=O) groups is 2. The number of benzene rings is 4. The van der Waals surface area contributed by atoms with Gasteiger partial charge in [0.1, 0.15) is 12.6 Å². The van der Waals surface area contributed by atoms with Crippen molar-refractivity contribution in [3.63, 3.8) is 0 Å². The lowest BCUT2D eigenvalue weighted by atomic mass is 10.0. The Hall–Kier alpha value is -3.66. The highest BCUT2D eigenvalue weighted by Gasteiger charge is 2.35. The minimum absolute atomic E-state index is 0.0368. The van der Waals surface area contributed by atoms with E-state index in [-0.39, 0.29) is 35.5 Å². The Morgan fingerprint density at radius 2 is 1.56 bits per heavy atom. The molecule has 0 heterocycles. The molecule has 236 valence electrons. The second-order valence-electron chi connectivity index (χ2n) is 11.0. The lowest BCUT2D eigenvalue weighted by Crippen LogP contribution is -2.54. The topological polar surface area (TPSA) is 86.8 Å². The van der Waals surface area contributed by atoms with Crippen LogP contribution in [0.1, 0.15) is 37.0 Å². The van der Waals surface area contributed by atoms with Crippen LogP contribution >= 0.6 is 27.5 Å².